The molecule has 0 heterocycles. The van der Waals surface area contributed by atoms with E-state index in [9.17, 15) is 0 Å². The molecule has 0 aliphatic carbocycles. The topological polar surface area (TPSA) is 30.5 Å². The van der Waals surface area contributed by atoms with Crippen LogP contribution in [0.3, 0.4) is 0 Å². The number of ether oxygens (including phenoxy) is 2. The summed E-state index contributed by atoms with van der Waals surface area (Å²) >= 11 is 0. The lowest BCUT2D eigenvalue weighted by atomic mass is 10.1. The maximum absolute atomic E-state index is 5.31. The van der Waals surface area contributed by atoms with Gasteiger partial charge in [0.15, 0.2) is 11.5 Å². The van der Waals surface area contributed by atoms with Crippen molar-refractivity contribution < 1.29 is 9.47 Å². The minimum absolute atomic E-state index is 0.414. The molecule has 1 aromatic carbocycles. The minimum atomic E-state index is 0.414. The summed E-state index contributed by atoms with van der Waals surface area (Å²) in [6, 6.07) is 6.47. The number of nitrogens with one attached hydrogen (secondary N) is 1. The van der Waals surface area contributed by atoms with Gasteiger partial charge in [0.2, 0.25) is 0 Å². The molecule has 0 saturated carbocycles. The van der Waals surface area contributed by atoms with Gasteiger partial charge in [-0.1, -0.05) is 6.07 Å². The van der Waals surface area contributed by atoms with Crippen molar-refractivity contribution in [2.24, 2.45) is 0 Å². The first kappa shape index (κ1) is 15.4. The summed E-state index contributed by atoms with van der Waals surface area (Å²) in [5.41, 5.74) is 1.24. The number of hydrogen-bond acceptors (Lipinski definition) is 3. The molecule has 0 aromatic heterocycles. The van der Waals surface area contributed by atoms with Crippen LogP contribution in [0.25, 0.3) is 0 Å². The van der Waals surface area contributed by atoms with Crippen molar-refractivity contribution in [1.29, 1.82) is 0 Å². The molecule has 1 aromatic rings. The first-order chi connectivity index (χ1) is 9.21. The van der Waals surface area contributed by atoms with Gasteiger partial charge < -0.3 is 14.8 Å². The lowest BCUT2D eigenvalue weighted by Crippen LogP contribution is -2.28. The van der Waals surface area contributed by atoms with E-state index >= 15 is 0 Å². The van der Waals surface area contributed by atoms with Gasteiger partial charge in [0.05, 0.1) is 14.2 Å². The van der Waals surface area contributed by atoms with Gasteiger partial charge in [-0.05, 0) is 38.0 Å². The third-order valence-corrected chi connectivity index (χ3v) is 2.91. The molecule has 3 heteroatoms. The number of methoxy groups -OCH3 is 2. The summed E-state index contributed by atoms with van der Waals surface area (Å²) in [7, 11) is 3.31. The number of benzene rings is 1. The van der Waals surface area contributed by atoms with Gasteiger partial charge in [-0.25, -0.2) is 0 Å². The molecule has 0 aliphatic rings. The third kappa shape index (κ3) is 5.23. The second kappa shape index (κ2) is 8.44. The lowest BCUT2D eigenvalue weighted by Gasteiger charge is -2.14. The molecule has 1 atom stereocenters. The summed E-state index contributed by atoms with van der Waals surface area (Å²) in [5, 5.41) is 3.46. The first-order valence-electron chi connectivity index (χ1n) is 6.55. The Balaban J connectivity index is 2.53. The minimum Gasteiger partial charge on any atom is -0.493 e. The van der Waals surface area contributed by atoms with E-state index in [2.05, 4.69) is 30.1 Å². The van der Waals surface area contributed by atoms with Gasteiger partial charge in [0.1, 0.15) is 0 Å². The SMILES string of the molecule is CC#CCCNC(C)Cc1ccc(OC)c(OC)c1. The highest BCUT2D eigenvalue weighted by atomic mass is 16.5. The van der Waals surface area contributed by atoms with Crippen LogP contribution < -0.4 is 14.8 Å². The summed E-state index contributed by atoms with van der Waals surface area (Å²) in [5.74, 6) is 7.50. The maximum atomic E-state index is 5.31. The zero-order valence-electron chi connectivity index (χ0n) is 12.2. The van der Waals surface area contributed by atoms with E-state index in [0.29, 0.717) is 6.04 Å². The Labute approximate surface area is 116 Å². The van der Waals surface area contributed by atoms with Crippen LogP contribution in [-0.2, 0) is 6.42 Å². The second-order valence-electron chi connectivity index (χ2n) is 4.43. The fourth-order valence-electron chi connectivity index (χ4n) is 1.94. The summed E-state index contributed by atoms with van der Waals surface area (Å²) in [4.78, 5) is 0. The second-order valence-corrected chi connectivity index (χ2v) is 4.43. The smallest absolute Gasteiger partial charge is 0.160 e. The van der Waals surface area contributed by atoms with Crippen LogP contribution in [0.4, 0.5) is 0 Å². The summed E-state index contributed by atoms with van der Waals surface area (Å²) in [6.45, 7) is 4.97. The predicted molar refractivity (Wildman–Crippen MR) is 78.8 cm³/mol. The Hall–Kier alpha value is -1.66. The highest BCUT2D eigenvalue weighted by Crippen LogP contribution is 2.27. The molecule has 1 N–H and O–H groups in total. The van der Waals surface area contributed by atoms with Gasteiger partial charge in [-0.3, -0.25) is 0 Å². The van der Waals surface area contributed by atoms with E-state index in [1.165, 1.54) is 5.56 Å². The van der Waals surface area contributed by atoms with Crippen LogP contribution in [0.2, 0.25) is 0 Å². The predicted octanol–water partition coefficient (Wildman–Crippen LogP) is 2.64. The zero-order valence-corrected chi connectivity index (χ0v) is 12.2. The van der Waals surface area contributed by atoms with Crippen molar-refractivity contribution in [2.45, 2.75) is 32.7 Å². The Morgan fingerprint density at radius 2 is 1.95 bits per heavy atom. The van der Waals surface area contributed by atoms with Crippen LogP contribution >= 0.6 is 0 Å². The van der Waals surface area contributed by atoms with Crippen molar-refractivity contribution >= 4 is 0 Å². The molecule has 0 aliphatic heterocycles. The zero-order chi connectivity index (χ0) is 14.1. The molecular weight excluding hydrogens is 238 g/mol. The molecular formula is C16H23NO2. The van der Waals surface area contributed by atoms with Crippen LogP contribution in [0.1, 0.15) is 25.8 Å². The highest BCUT2D eigenvalue weighted by Gasteiger charge is 2.07. The highest BCUT2D eigenvalue weighted by molar-refractivity contribution is 5.43. The van der Waals surface area contributed by atoms with E-state index in [1.54, 1.807) is 14.2 Å². The largest absolute Gasteiger partial charge is 0.493 e. The van der Waals surface area contributed by atoms with E-state index in [1.807, 2.05) is 19.1 Å². The first-order valence-corrected chi connectivity index (χ1v) is 6.55. The fourth-order valence-corrected chi connectivity index (χ4v) is 1.94. The lowest BCUT2D eigenvalue weighted by molar-refractivity contribution is 0.354. The Morgan fingerprint density at radius 3 is 2.58 bits per heavy atom. The van der Waals surface area contributed by atoms with Crippen molar-refractivity contribution in [3.05, 3.63) is 23.8 Å². The molecule has 19 heavy (non-hydrogen) atoms. The molecule has 104 valence electrons. The van der Waals surface area contributed by atoms with Crippen molar-refractivity contribution in [2.75, 3.05) is 20.8 Å². The molecule has 1 rings (SSSR count). The van der Waals surface area contributed by atoms with Crippen LogP contribution in [-0.4, -0.2) is 26.8 Å². The monoisotopic (exact) mass is 261 g/mol. The summed E-state index contributed by atoms with van der Waals surface area (Å²) in [6.07, 6.45) is 1.85. The average Bonchev–Trinajstić information content (AvgIpc) is 2.43. The van der Waals surface area contributed by atoms with Gasteiger partial charge in [0, 0.05) is 19.0 Å². The Kier molecular flexibility index (Phi) is 6.84. The fraction of sp³-hybridized carbons (Fsp3) is 0.500. The molecule has 1 unspecified atom stereocenters. The standard InChI is InChI=1S/C16H23NO2/c1-5-6-7-10-17-13(2)11-14-8-9-15(18-3)16(12-14)19-4/h8-9,12-13,17H,7,10-11H2,1-4H3. The normalized spacial score (nSPS) is 11.4. The van der Waals surface area contributed by atoms with Crippen molar-refractivity contribution in [3.8, 4) is 23.3 Å². The van der Waals surface area contributed by atoms with Crippen LogP contribution in [0, 0.1) is 11.8 Å². The average molecular weight is 261 g/mol. The molecule has 0 fully saturated rings. The number of rotatable bonds is 7. The van der Waals surface area contributed by atoms with Crippen LogP contribution in [0.5, 0.6) is 11.5 Å². The Bertz CT molecular complexity index is 446. The number of hydrogen-bond donors (Lipinski definition) is 1. The van der Waals surface area contributed by atoms with Gasteiger partial charge in [0.25, 0.3) is 0 Å². The van der Waals surface area contributed by atoms with E-state index in [-0.39, 0.29) is 0 Å². The quantitative estimate of drug-likeness (QED) is 0.604. The third-order valence-electron chi connectivity index (χ3n) is 2.91. The molecule has 3 nitrogen and oxygen atoms in total. The van der Waals surface area contributed by atoms with Gasteiger partial charge in [-0.15, -0.1) is 11.8 Å². The van der Waals surface area contributed by atoms with Crippen molar-refractivity contribution in [3.63, 3.8) is 0 Å². The van der Waals surface area contributed by atoms with E-state index in [4.69, 9.17) is 9.47 Å². The molecule has 0 saturated heterocycles. The summed E-state index contributed by atoms with van der Waals surface area (Å²) < 4.78 is 10.5. The maximum Gasteiger partial charge on any atom is 0.160 e. The molecule has 0 spiro atoms. The molecule has 0 bridgehead atoms. The van der Waals surface area contributed by atoms with E-state index < -0.39 is 0 Å². The molecule has 0 amide bonds. The molecule has 0 radical (unpaired) electrons. The Morgan fingerprint density at radius 1 is 1.21 bits per heavy atom. The van der Waals surface area contributed by atoms with Gasteiger partial charge >= 0.3 is 0 Å². The van der Waals surface area contributed by atoms with Gasteiger partial charge in [-0.2, -0.15) is 0 Å². The van der Waals surface area contributed by atoms with Crippen LogP contribution in [0.15, 0.2) is 18.2 Å². The van der Waals surface area contributed by atoms with E-state index in [0.717, 1.165) is 30.9 Å². The van der Waals surface area contributed by atoms with Crippen molar-refractivity contribution in [1.82, 2.24) is 5.32 Å².